The minimum atomic E-state index is 1.07. The van der Waals surface area contributed by atoms with E-state index >= 15 is 0 Å². The Hall–Kier alpha value is -0.0800. The van der Waals surface area contributed by atoms with Gasteiger partial charge in [-0.05, 0) is 0 Å². The van der Waals surface area contributed by atoms with Crippen LogP contribution in [0.15, 0.2) is 0 Å². The van der Waals surface area contributed by atoms with Crippen molar-refractivity contribution in [2.24, 2.45) is 0 Å². The molecule has 0 aromatic rings. The summed E-state index contributed by atoms with van der Waals surface area (Å²) in [5.41, 5.74) is 2.93. The van der Waals surface area contributed by atoms with Crippen LogP contribution in [0.2, 0.25) is 0 Å². The van der Waals surface area contributed by atoms with Gasteiger partial charge in [0.2, 0.25) is 0 Å². The second kappa shape index (κ2) is 0.445. The molecule has 0 aromatic heterocycles. The Morgan fingerprint density at radius 3 is 2.25 bits per heavy atom. The van der Waals surface area contributed by atoms with E-state index in [0.717, 1.165) is 6.67 Å². The summed E-state index contributed by atoms with van der Waals surface area (Å²) in [6.45, 7) is 1.07. The predicted octanol–water partition coefficient (Wildman–Crippen LogP) is -0.606. The van der Waals surface area contributed by atoms with Crippen molar-refractivity contribution in [2.75, 3.05) is 13.7 Å². The molecule has 1 heterocycles. The maximum Gasteiger partial charge on any atom is 0.0751 e. The lowest BCUT2D eigenvalue weighted by atomic mass is 11.3. The van der Waals surface area contributed by atoms with E-state index in [1.54, 1.807) is 0 Å². The van der Waals surface area contributed by atoms with E-state index in [2.05, 4.69) is 5.43 Å². The molecule has 1 atom stereocenters. The van der Waals surface area contributed by atoms with E-state index in [1.807, 2.05) is 12.1 Å². The minimum absolute atomic E-state index is 1.07. The van der Waals surface area contributed by atoms with Crippen LogP contribution in [0.3, 0.4) is 0 Å². The SMILES string of the molecule is CN1CN1. The zero-order chi connectivity index (χ0) is 2.99. The molecule has 2 nitrogen and oxygen atoms in total. The summed E-state index contributed by atoms with van der Waals surface area (Å²) in [6.07, 6.45) is 0. The van der Waals surface area contributed by atoms with Crippen molar-refractivity contribution in [3.8, 4) is 0 Å². The second-order valence-corrected chi connectivity index (χ2v) is 1.01. The molecule has 1 aliphatic rings. The average Bonchev–Trinajstić information content (AvgIpc) is 1.75. The molecule has 0 bridgehead atoms. The van der Waals surface area contributed by atoms with Gasteiger partial charge in [0.15, 0.2) is 0 Å². The number of hydrazine groups is 1. The van der Waals surface area contributed by atoms with E-state index < -0.39 is 0 Å². The van der Waals surface area contributed by atoms with Gasteiger partial charge in [0.25, 0.3) is 0 Å². The molecule has 2 heteroatoms. The van der Waals surface area contributed by atoms with E-state index in [9.17, 15) is 0 Å². The zero-order valence-corrected chi connectivity index (χ0v) is 2.65. The predicted molar refractivity (Wildman–Crippen MR) is 15.8 cm³/mol. The molecule has 0 saturated carbocycles. The molecule has 1 aliphatic heterocycles. The highest BCUT2D eigenvalue weighted by molar-refractivity contribution is 4.47. The molecule has 1 N–H and O–H groups in total. The Morgan fingerprint density at radius 1 is 2.00 bits per heavy atom. The summed E-state index contributed by atoms with van der Waals surface area (Å²) in [5.74, 6) is 0. The Labute approximate surface area is 25.4 Å². The molecule has 0 aliphatic carbocycles. The van der Waals surface area contributed by atoms with E-state index in [0.29, 0.717) is 0 Å². The van der Waals surface area contributed by atoms with Gasteiger partial charge in [-0.3, -0.25) is 0 Å². The highest BCUT2D eigenvalue weighted by Gasteiger charge is 2.05. The standard InChI is InChI=1S/C2H6N2/c1-4-2-3-4/h3H,2H2,1H3. The minimum Gasteiger partial charge on any atom is -0.239 e. The number of hydrogen-bond donors (Lipinski definition) is 1. The van der Waals surface area contributed by atoms with Crippen molar-refractivity contribution in [1.82, 2.24) is 10.4 Å². The molecule has 1 rings (SSSR count). The maximum atomic E-state index is 2.93. The fourth-order valence-electron chi connectivity index (χ4n) is 0.0707. The van der Waals surface area contributed by atoms with Gasteiger partial charge in [-0.2, -0.15) is 0 Å². The van der Waals surface area contributed by atoms with Crippen molar-refractivity contribution >= 4 is 0 Å². The van der Waals surface area contributed by atoms with Crippen molar-refractivity contribution in [3.05, 3.63) is 0 Å². The maximum absolute atomic E-state index is 2.93. The first-order valence-electron chi connectivity index (χ1n) is 1.34. The Balaban J connectivity index is 2.17. The highest BCUT2D eigenvalue weighted by atomic mass is 15.7. The lowest BCUT2D eigenvalue weighted by Gasteiger charge is -1.64. The summed E-state index contributed by atoms with van der Waals surface area (Å²) >= 11 is 0. The van der Waals surface area contributed by atoms with Crippen molar-refractivity contribution in [3.63, 3.8) is 0 Å². The van der Waals surface area contributed by atoms with E-state index in [-0.39, 0.29) is 0 Å². The molecule has 4 heavy (non-hydrogen) atoms. The van der Waals surface area contributed by atoms with Crippen LogP contribution < -0.4 is 5.43 Å². The highest BCUT2D eigenvalue weighted by Crippen LogP contribution is 1.80. The summed E-state index contributed by atoms with van der Waals surface area (Å²) in [7, 11) is 2.00. The summed E-state index contributed by atoms with van der Waals surface area (Å²) in [4.78, 5) is 0. The second-order valence-electron chi connectivity index (χ2n) is 1.01. The zero-order valence-electron chi connectivity index (χ0n) is 2.65. The topological polar surface area (TPSA) is 25.0 Å². The van der Waals surface area contributed by atoms with Gasteiger partial charge < -0.3 is 0 Å². The summed E-state index contributed by atoms with van der Waals surface area (Å²) < 4.78 is 0. The van der Waals surface area contributed by atoms with Crippen molar-refractivity contribution in [1.29, 1.82) is 0 Å². The Morgan fingerprint density at radius 2 is 2.25 bits per heavy atom. The van der Waals surface area contributed by atoms with Crippen LogP contribution in [0.1, 0.15) is 0 Å². The molecule has 0 spiro atoms. The fourth-order valence-corrected chi connectivity index (χ4v) is 0.0707. The molecule has 1 fully saturated rings. The van der Waals surface area contributed by atoms with Gasteiger partial charge in [-0.15, -0.1) is 0 Å². The summed E-state index contributed by atoms with van der Waals surface area (Å²) in [5, 5.41) is 2.00. The van der Waals surface area contributed by atoms with Gasteiger partial charge in [0, 0.05) is 7.05 Å². The van der Waals surface area contributed by atoms with E-state index in [4.69, 9.17) is 0 Å². The quantitative estimate of drug-likeness (QED) is 0.376. The van der Waals surface area contributed by atoms with Crippen LogP contribution in [-0.2, 0) is 0 Å². The van der Waals surface area contributed by atoms with Crippen LogP contribution in [-0.4, -0.2) is 18.7 Å². The summed E-state index contributed by atoms with van der Waals surface area (Å²) in [6, 6.07) is 0. The molecule has 0 radical (unpaired) electrons. The van der Waals surface area contributed by atoms with Gasteiger partial charge >= 0.3 is 0 Å². The molecule has 0 aromatic carbocycles. The molecule has 0 amide bonds. The molecular formula is C2H6N2. The smallest absolute Gasteiger partial charge is 0.0751 e. The van der Waals surface area contributed by atoms with Gasteiger partial charge in [0.1, 0.15) is 0 Å². The Bertz CT molecular complexity index is 23.2. The van der Waals surface area contributed by atoms with Gasteiger partial charge in [0.05, 0.1) is 6.67 Å². The van der Waals surface area contributed by atoms with Gasteiger partial charge in [-0.1, -0.05) is 0 Å². The van der Waals surface area contributed by atoms with Crippen molar-refractivity contribution < 1.29 is 0 Å². The number of nitrogens with one attached hydrogen (secondary N) is 1. The molecular weight excluding hydrogens is 52.0 g/mol. The van der Waals surface area contributed by atoms with Crippen LogP contribution in [0.25, 0.3) is 0 Å². The first-order valence-corrected chi connectivity index (χ1v) is 1.34. The van der Waals surface area contributed by atoms with Gasteiger partial charge in [-0.25, -0.2) is 10.4 Å². The third-order valence-corrected chi connectivity index (χ3v) is 0.474. The van der Waals surface area contributed by atoms with Crippen LogP contribution in [0, 0.1) is 0 Å². The monoisotopic (exact) mass is 58.1 g/mol. The molecule has 24 valence electrons. The number of hydrogen-bond acceptors (Lipinski definition) is 2. The largest absolute Gasteiger partial charge is 0.239 e. The van der Waals surface area contributed by atoms with Crippen molar-refractivity contribution in [2.45, 2.75) is 0 Å². The normalized spacial score (nSPS) is 39.8. The number of nitrogens with zero attached hydrogens (tertiary/aromatic N) is 1. The molecule has 1 unspecified atom stereocenters. The Kier molecular flexibility index (Phi) is 0.242. The average molecular weight is 58.1 g/mol. The molecule has 1 saturated heterocycles. The third kappa shape index (κ3) is 0.191. The van der Waals surface area contributed by atoms with Crippen LogP contribution >= 0.6 is 0 Å². The number of rotatable bonds is 0. The fraction of sp³-hybridized carbons (Fsp3) is 1.00. The first kappa shape index (κ1) is 2.18. The first-order chi connectivity index (χ1) is 1.89. The lowest BCUT2D eigenvalue weighted by molar-refractivity contribution is 0.634. The third-order valence-electron chi connectivity index (χ3n) is 0.474. The van der Waals surface area contributed by atoms with Crippen LogP contribution in [0.4, 0.5) is 0 Å². The lowest BCUT2D eigenvalue weighted by Crippen LogP contribution is -1.84. The van der Waals surface area contributed by atoms with E-state index in [1.165, 1.54) is 0 Å². The van der Waals surface area contributed by atoms with Crippen LogP contribution in [0.5, 0.6) is 0 Å².